The van der Waals surface area contributed by atoms with Crippen molar-refractivity contribution in [2.75, 3.05) is 32.1 Å². The summed E-state index contributed by atoms with van der Waals surface area (Å²) in [6.45, 7) is 5.91. The van der Waals surface area contributed by atoms with Crippen LogP contribution in [0.5, 0.6) is 0 Å². The zero-order valence-corrected chi connectivity index (χ0v) is 12.3. The van der Waals surface area contributed by atoms with Crippen molar-refractivity contribution in [2.24, 2.45) is 0 Å². The van der Waals surface area contributed by atoms with Gasteiger partial charge in [0.25, 0.3) is 0 Å². The molecule has 0 saturated carbocycles. The highest BCUT2D eigenvalue weighted by molar-refractivity contribution is 5.57. The molecule has 0 spiro atoms. The van der Waals surface area contributed by atoms with E-state index >= 15 is 0 Å². The van der Waals surface area contributed by atoms with Crippen LogP contribution in [0, 0.1) is 11.3 Å². The second-order valence-electron chi connectivity index (χ2n) is 4.52. The van der Waals surface area contributed by atoms with Gasteiger partial charge in [-0.05, 0) is 38.4 Å². The Morgan fingerprint density at radius 1 is 1.26 bits per heavy atom. The maximum atomic E-state index is 9.41. The van der Waals surface area contributed by atoms with Crippen molar-refractivity contribution < 1.29 is 0 Å². The Hall–Kier alpha value is -1.67. The minimum absolute atomic E-state index is 0.682. The number of nitrogens with one attached hydrogen (secondary N) is 1. The topological polar surface area (TPSA) is 64.8 Å². The van der Waals surface area contributed by atoms with Crippen molar-refractivity contribution in [1.29, 1.82) is 5.26 Å². The highest BCUT2D eigenvalue weighted by Gasteiger charge is 2.16. The molecule has 0 amide bonds. The second-order valence-corrected chi connectivity index (χ2v) is 4.52. The monoisotopic (exact) mass is 261 g/mol. The molecular formula is C14H23N5. The first-order valence-corrected chi connectivity index (χ1v) is 6.83. The number of aromatic nitrogens is 2. The molecule has 0 bridgehead atoms. The molecule has 0 unspecified atom stereocenters. The molecule has 5 nitrogen and oxygen atoms in total. The molecule has 0 aromatic carbocycles. The summed E-state index contributed by atoms with van der Waals surface area (Å²) < 4.78 is 0. The standard InChI is InChI=1S/C14H23N5/c1-5-11-12(10-15)14(18-17-13(11)6-2)19(4)9-7-8-16-3/h16H,5-9H2,1-4H3. The molecule has 0 aliphatic rings. The average molecular weight is 261 g/mol. The van der Waals surface area contributed by atoms with Crippen LogP contribution in [0.2, 0.25) is 0 Å². The van der Waals surface area contributed by atoms with E-state index in [-0.39, 0.29) is 0 Å². The third-order valence-corrected chi connectivity index (χ3v) is 3.22. The lowest BCUT2D eigenvalue weighted by Gasteiger charge is -2.20. The first-order chi connectivity index (χ1) is 9.19. The maximum Gasteiger partial charge on any atom is 0.169 e. The van der Waals surface area contributed by atoms with Crippen molar-refractivity contribution in [2.45, 2.75) is 33.1 Å². The van der Waals surface area contributed by atoms with E-state index in [0.29, 0.717) is 11.4 Å². The molecule has 19 heavy (non-hydrogen) atoms. The van der Waals surface area contributed by atoms with Gasteiger partial charge in [0.1, 0.15) is 11.6 Å². The van der Waals surface area contributed by atoms with Gasteiger partial charge >= 0.3 is 0 Å². The SMILES string of the molecule is CCc1nnc(N(C)CCCNC)c(C#N)c1CC. The van der Waals surface area contributed by atoms with E-state index in [4.69, 9.17) is 0 Å². The molecule has 0 fully saturated rings. The molecule has 1 N–H and O–H groups in total. The lowest BCUT2D eigenvalue weighted by atomic mass is 10.0. The summed E-state index contributed by atoms with van der Waals surface area (Å²) in [4.78, 5) is 2.02. The fraction of sp³-hybridized carbons (Fsp3) is 0.643. The van der Waals surface area contributed by atoms with Crippen LogP contribution in [0.3, 0.4) is 0 Å². The fourth-order valence-corrected chi connectivity index (χ4v) is 2.15. The first-order valence-electron chi connectivity index (χ1n) is 6.83. The fourth-order valence-electron chi connectivity index (χ4n) is 2.15. The van der Waals surface area contributed by atoms with Crippen LogP contribution in [0.4, 0.5) is 5.82 Å². The highest BCUT2D eigenvalue weighted by atomic mass is 15.2. The van der Waals surface area contributed by atoms with Gasteiger partial charge in [0.2, 0.25) is 0 Å². The van der Waals surface area contributed by atoms with Crippen molar-refractivity contribution in [1.82, 2.24) is 15.5 Å². The first kappa shape index (κ1) is 15.4. The molecule has 104 valence electrons. The van der Waals surface area contributed by atoms with E-state index in [1.807, 2.05) is 25.9 Å². The Balaban J connectivity index is 3.04. The Bertz CT molecular complexity index is 450. The van der Waals surface area contributed by atoms with E-state index in [1.165, 1.54) is 0 Å². The van der Waals surface area contributed by atoms with E-state index in [9.17, 15) is 5.26 Å². The largest absolute Gasteiger partial charge is 0.357 e. The van der Waals surface area contributed by atoms with Crippen LogP contribution in [0.1, 0.15) is 37.1 Å². The lowest BCUT2D eigenvalue weighted by Crippen LogP contribution is -2.25. The third-order valence-electron chi connectivity index (χ3n) is 3.22. The predicted molar refractivity (Wildman–Crippen MR) is 77.3 cm³/mol. The van der Waals surface area contributed by atoms with Crippen LogP contribution >= 0.6 is 0 Å². The third kappa shape index (κ3) is 3.65. The van der Waals surface area contributed by atoms with Crippen molar-refractivity contribution >= 4 is 5.82 Å². The number of nitrogens with zero attached hydrogens (tertiary/aromatic N) is 4. The highest BCUT2D eigenvalue weighted by Crippen LogP contribution is 2.22. The molecule has 1 rings (SSSR count). The van der Waals surface area contributed by atoms with Gasteiger partial charge in [-0.1, -0.05) is 13.8 Å². The van der Waals surface area contributed by atoms with Crippen LogP contribution in [-0.4, -0.2) is 37.4 Å². The van der Waals surface area contributed by atoms with Gasteiger partial charge in [-0.25, -0.2) is 0 Å². The number of aryl methyl sites for hydroxylation is 1. The van der Waals surface area contributed by atoms with E-state index in [0.717, 1.165) is 43.6 Å². The van der Waals surface area contributed by atoms with Gasteiger partial charge in [-0.3, -0.25) is 0 Å². The lowest BCUT2D eigenvalue weighted by molar-refractivity contribution is 0.703. The summed E-state index contributed by atoms with van der Waals surface area (Å²) in [5.74, 6) is 0.702. The summed E-state index contributed by atoms with van der Waals surface area (Å²) in [6.07, 6.45) is 2.64. The molecule has 0 aliphatic heterocycles. The molecule has 0 aliphatic carbocycles. The van der Waals surface area contributed by atoms with Crippen LogP contribution in [0.15, 0.2) is 0 Å². The Morgan fingerprint density at radius 2 is 2.00 bits per heavy atom. The molecule has 0 saturated heterocycles. The van der Waals surface area contributed by atoms with Gasteiger partial charge in [0.05, 0.1) is 5.69 Å². The zero-order chi connectivity index (χ0) is 14.3. The quantitative estimate of drug-likeness (QED) is 0.754. The van der Waals surface area contributed by atoms with Gasteiger partial charge in [-0.2, -0.15) is 10.4 Å². The molecular weight excluding hydrogens is 238 g/mol. The van der Waals surface area contributed by atoms with Gasteiger partial charge in [0.15, 0.2) is 5.82 Å². The molecule has 0 atom stereocenters. The number of anilines is 1. The Kier molecular flexibility index (Phi) is 6.23. The summed E-state index contributed by atoms with van der Waals surface area (Å²) in [6, 6.07) is 2.30. The van der Waals surface area contributed by atoms with E-state index in [2.05, 4.69) is 28.5 Å². The molecule has 1 heterocycles. The number of nitriles is 1. The van der Waals surface area contributed by atoms with Gasteiger partial charge < -0.3 is 10.2 Å². The number of hydrogen-bond acceptors (Lipinski definition) is 5. The predicted octanol–water partition coefficient (Wildman–Crippen LogP) is 1.52. The summed E-state index contributed by atoms with van der Waals surface area (Å²) in [7, 11) is 3.90. The number of hydrogen-bond donors (Lipinski definition) is 1. The molecule has 0 radical (unpaired) electrons. The number of rotatable bonds is 7. The Labute approximate surface area is 115 Å². The maximum absolute atomic E-state index is 9.41. The van der Waals surface area contributed by atoms with Gasteiger partial charge in [-0.15, -0.1) is 5.10 Å². The van der Waals surface area contributed by atoms with Crippen molar-refractivity contribution in [3.05, 3.63) is 16.8 Å². The van der Waals surface area contributed by atoms with Crippen molar-refractivity contribution in [3.63, 3.8) is 0 Å². The minimum Gasteiger partial charge on any atom is -0.357 e. The zero-order valence-electron chi connectivity index (χ0n) is 12.3. The smallest absolute Gasteiger partial charge is 0.169 e. The van der Waals surface area contributed by atoms with E-state index < -0.39 is 0 Å². The second kappa shape index (κ2) is 7.70. The Morgan fingerprint density at radius 3 is 2.53 bits per heavy atom. The summed E-state index contributed by atoms with van der Waals surface area (Å²) in [5, 5.41) is 21.0. The van der Waals surface area contributed by atoms with E-state index in [1.54, 1.807) is 0 Å². The van der Waals surface area contributed by atoms with Crippen LogP contribution in [-0.2, 0) is 12.8 Å². The van der Waals surface area contributed by atoms with Gasteiger partial charge in [0, 0.05) is 13.6 Å². The van der Waals surface area contributed by atoms with Crippen LogP contribution in [0.25, 0.3) is 0 Å². The minimum atomic E-state index is 0.682. The molecule has 1 aromatic heterocycles. The molecule has 5 heteroatoms. The van der Waals surface area contributed by atoms with Crippen molar-refractivity contribution in [3.8, 4) is 6.07 Å². The summed E-state index contributed by atoms with van der Waals surface area (Å²) >= 11 is 0. The normalized spacial score (nSPS) is 10.3. The molecule has 1 aromatic rings. The van der Waals surface area contributed by atoms with Crippen LogP contribution < -0.4 is 10.2 Å². The summed E-state index contributed by atoms with van der Waals surface area (Å²) in [5.41, 5.74) is 2.66. The average Bonchev–Trinajstić information content (AvgIpc) is 2.45.